The number of nitrogens with one attached hydrogen (secondary N) is 1. The Morgan fingerprint density at radius 3 is 3.04 bits per heavy atom. The minimum Gasteiger partial charge on any atom is -0.496 e. The number of aromatic nitrogens is 3. The molecule has 2 atom stereocenters. The number of benzene rings is 1. The summed E-state index contributed by atoms with van der Waals surface area (Å²) in [6, 6.07) is 5.40. The van der Waals surface area contributed by atoms with E-state index in [9.17, 15) is 4.21 Å². The topological polar surface area (TPSA) is 67.9 Å². The van der Waals surface area contributed by atoms with Crippen LogP contribution >= 0.6 is 11.6 Å². The van der Waals surface area contributed by atoms with Crippen LogP contribution < -0.4 is 4.74 Å². The predicted octanol–water partition coefficient (Wildman–Crippen LogP) is 4.11. The lowest BCUT2D eigenvalue weighted by Crippen LogP contribution is -2.18. The molecular weight excluding hydrogens is 358 g/mol. The van der Waals surface area contributed by atoms with Gasteiger partial charge in [0.1, 0.15) is 5.75 Å². The van der Waals surface area contributed by atoms with Crippen LogP contribution in [0.5, 0.6) is 5.75 Å². The highest BCUT2D eigenvalue weighted by molar-refractivity contribution is 7.85. The number of fused-ring (bicyclic) bond motifs is 2. The highest BCUT2D eigenvalue weighted by atomic mass is 35.5. The van der Waals surface area contributed by atoms with Gasteiger partial charge in [0.15, 0.2) is 5.16 Å². The van der Waals surface area contributed by atoms with Crippen molar-refractivity contribution in [2.75, 3.05) is 7.11 Å². The summed E-state index contributed by atoms with van der Waals surface area (Å²) in [5.41, 5.74) is 4.50. The van der Waals surface area contributed by atoms with Crippen molar-refractivity contribution in [2.45, 2.75) is 36.6 Å². The molecule has 4 rings (SSSR count). The number of ether oxygens (including phenoxy) is 1. The van der Waals surface area contributed by atoms with Crippen LogP contribution in [0.1, 0.15) is 34.9 Å². The van der Waals surface area contributed by atoms with Gasteiger partial charge in [-0.15, -0.1) is 0 Å². The lowest BCUT2D eigenvalue weighted by molar-refractivity contribution is 0.401. The number of H-pyrrole nitrogens is 1. The molecule has 2 unspecified atom stereocenters. The van der Waals surface area contributed by atoms with E-state index in [2.05, 4.69) is 15.0 Å². The minimum atomic E-state index is -1.32. The molecule has 130 valence electrons. The van der Waals surface area contributed by atoms with Crippen molar-refractivity contribution in [3.8, 4) is 5.75 Å². The number of pyridine rings is 1. The Labute approximate surface area is 153 Å². The summed E-state index contributed by atoms with van der Waals surface area (Å²) in [6.07, 6.45) is 4.47. The fraction of sp³-hybridized carbons (Fsp3) is 0.333. The molecule has 0 spiro atoms. The van der Waals surface area contributed by atoms with E-state index in [0.717, 1.165) is 52.9 Å². The summed E-state index contributed by atoms with van der Waals surface area (Å²) < 4.78 is 18.8. The van der Waals surface area contributed by atoms with Crippen molar-refractivity contribution in [2.24, 2.45) is 0 Å². The van der Waals surface area contributed by atoms with Crippen LogP contribution in [0, 0.1) is 6.92 Å². The van der Waals surface area contributed by atoms with Gasteiger partial charge in [-0.2, -0.15) is 0 Å². The average Bonchev–Trinajstić information content (AvgIpc) is 3.03. The number of rotatable bonds is 3. The van der Waals surface area contributed by atoms with Crippen LogP contribution in [0.4, 0.5) is 0 Å². The molecule has 1 aromatic carbocycles. The van der Waals surface area contributed by atoms with Crippen LogP contribution in [-0.2, 0) is 17.2 Å². The van der Waals surface area contributed by atoms with E-state index >= 15 is 0 Å². The zero-order chi connectivity index (χ0) is 17.6. The van der Waals surface area contributed by atoms with Gasteiger partial charge in [0, 0.05) is 22.3 Å². The highest BCUT2D eigenvalue weighted by Crippen LogP contribution is 2.40. The van der Waals surface area contributed by atoms with E-state index < -0.39 is 10.8 Å². The molecule has 0 bridgehead atoms. The van der Waals surface area contributed by atoms with Crippen LogP contribution in [0.25, 0.3) is 11.0 Å². The summed E-state index contributed by atoms with van der Waals surface area (Å²) in [6.45, 7) is 1.98. The first-order chi connectivity index (χ1) is 12.1. The van der Waals surface area contributed by atoms with Gasteiger partial charge >= 0.3 is 0 Å². The Balaban J connectivity index is 1.76. The third-order valence-electron chi connectivity index (χ3n) is 4.61. The highest BCUT2D eigenvalue weighted by Gasteiger charge is 2.31. The maximum Gasteiger partial charge on any atom is 0.198 e. The van der Waals surface area contributed by atoms with Crippen molar-refractivity contribution in [1.82, 2.24) is 15.0 Å². The number of hydrogen-bond acceptors (Lipinski definition) is 4. The average molecular weight is 376 g/mol. The number of imidazole rings is 1. The monoisotopic (exact) mass is 375 g/mol. The Morgan fingerprint density at radius 2 is 2.24 bits per heavy atom. The molecule has 7 heteroatoms. The zero-order valence-corrected chi connectivity index (χ0v) is 15.6. The molecule has 3 aromatic rings. The van der Waals surface area contributed by atoms with Crippen LogP contribution in [0.2, 0.25) is 5.02 Å². The van der Waals surface area contributed by atoms with Crippen LogP contribution in [0.3, 0.4) is 0 Å². The summed E-state index contributed by atoms with van der Waals surface area (Å²) >= 11 is 6.02. The van der Waals surface area contributed by atoms with E-state index in [1.54, 1.807) is 25.4 Å². The van der Waals surface area contributed by atoms with Gasteiger partial charge in [-0.1, -0.05) is 11.6 Å². The van der Waals surface area contributed by atoms with E-state index in [4.69, 9.17) is 16.3 Å². The molecule has 1 aliphatic carbocycles. The maximum absolute atomic E-state index is 13.2. The molecule has 0 amide bonds. The SMILES string of the molecule is COc1c(C)cnc2c1CCCC2S(=O)c1nc2ccc(Cl)cc2[nH]1. The first kappa shape index (κ1) is 16.5. The second-order valence-corrected chi connectivity index (χ2v) is 8.21. The molecule has 0 saturated carbocycles. The third-order valence-corrected chi connectivity index (χ3v) is 6.40. The molecule has 1 aliphatic rings. The third kappa shape index (κ3) is 2.83. The van der Waals surface area contributed by atoms with Gasteiger partial charge in [0.05, 0.1) is 39.9 Å². The molecule has 0 aliphatic heterocycles. The van der Waals surface area contributed by atoms with Crippen molar-refractivity contribution >= 4 is 33.4 Å². The second kappa shape index (κ2) is 6.42. The molecule has 25 heavy (non-hydrogen) atoms. The molecule has 0 fully saturated rings. The van der Waals surface area contributed by atoms with Gasteiger partial charge < -0.3 is 9.72 Å². The number of halogens is 1. The Hall–Kier alpha value is -1.92. The van der Waals surface area contributed by atoms with E-state index in [1.807, 2.05) is 13.0 Å². The molecule has 2 aromatic heterocycles. The summed E-state index contributed by atoms with van der Waals surface area (Å²) in [5, 5.41) is 0.907. The summed E-state index contributed by atoms with van der Waals surface area (Å²) in [5.74, 6) is 0.864. The molecular formula is C18H18ClN3O2S. The van der Waals surface area contributed by atoms with Crippen LogP contribution in [-0.4, -0.2) is 26.3 Å². The van der Waals surface area contributed by atoms with E-state index in [-0.39, 0.29) is 5.25 Å². The van der Waals surface area contributed by atoms with Crippen LogP contribution in [0.15, 0.2) is 29.6 Å². The smallest absolute Gasteiger partial charge is 0.198 e. The van der Waals surface area contributed by atoms with E-state index in [0.29, 0.717) is 10.2 Å². The molecule has 1 N–H and O–H groups in total. The maximum atomic E-state index is 13.2. The fourth-order valence-electron chi connectivity index (χ4n) is 3.46. The summed E-state index contributed by atoms with van der Waals surface area (Å²) in [4.78, 5) is 12.2. The fourth-order valence-corrected chi connectivity index (χ4v) is 5.09. The van der Waals surface area contributed by atoms with Gasteiger partial charge in [-0.3, -0.25) is 9.19 Å². The Bertz CT molecular complexity index is 986. The summed E-state index contributed by atoms with van der Waals surface area (Å²) in [7, 11) is 0.358. The molecule has 0 radical (unpaired) electrons. The number of nitrogens with zero attached hydrogens (tertiary/aromatic N) is 2. The largest absolute Gasteiger partial charge is 0.496 e. The standard InChI is InChI=1S/C18H18ClN3O2S/c1-10-9-20-16-12(17(10)24-2)4-3-5-15(16)25(23)18-21-13-7-6-11(19)8-14(13)22-18/h6-9,15H,3-5H2,1-2H3,(H,21,22). The number of aromatic amines is 1. The van der Waals surface area contributed by atoms with E-state index in [1.165, 1.54) is 0 Å². The Kier molecular flexibility index (Phi) is 4.25. The lowest BCUT2D eigenvalue weighted by Gasteiger charge is -2.25. The van der Waals surface area contributed by atoms with Gasteiger partial charge in [0.2, 0.25) is 0 Å². The first-order valence-corrected chi connectivity index (χ1v) is 9.76. The number of hydrogen-bond donors (Lipinski definition) is 1. The Morgan fingerprint density at radius 1 is 1.40 bits per heavy atom. The zero-order valence-electron chi connectivity index (χ0n) is 14.0. The normalized spacial score (nSPS) is 18.1. The predicted molar refractivity (Wildman–Crippen MR) is 98.7 cm³/mol. The van der Waals surface area contributed by atoms with Gasteiger partial charge in [-0.25, -0.2) is 4.98 Å². The molecule has 5 nitrogen and oxygen atoms in total. The van der Waals surface area contributed by atoms with Crippen molar-refractivity contribution in [3.05, 3.63) is 46.2 Å². The molecule has 2 heterocycles. The number of methoxy groups -OCH3 is 1. The van der Waals surface area contributed by atoms with Gasteiger partial charge in [-0.05, 0) is 44.4 Å². The number of aryl methyl sites for hydroxylation is 1. The van der Waals surface area contributed by atoms with Crippen molar-refractivity contribution in [3.63, 3.8) is 0 Å². The quantitative estimate of drug-likeness (QED) is 0.747. The van der Waals surface area contributed by atoms with Gasteiger partial charge in [0.25, 0.3) is 0 Å². The minimum absolute atomic E-state index is 0.186. The second-order valence-electron chi connectivity index (χ2n) is 6.22. The molecule has 0 saturated heterocycles. The first-order valence-electron chi connectivity index (χ1n) is 8.16. The van der Waals surface area contributed by atoms with Crippen molar-refractivity contribution in [1.29, 1.82) is 0 Å². The lowest BCUT2D eigenvalue weighted by atomic mass is 9.93. The van der Waals surface area contributed by atoms with Crippen molar-refractivity contribution < 1.29 is 8.95 Å².